The molecule has 8 heteroatoms. The minimum Gasteiger partial charge on any atom is -0.478 e. The monoisotopic (exact) mass is 336 g/mol. The van der Waals surface area contributed by atoms with Crippen molar-refractivity contribution in [2.24, 2.45) is 0 Å². The lowest BCUT2D eigenvalue weighted by Crippen LogP contribution is -2.60. The molecule has 1 aromatic rings. The van der Waals surface area contributed by atoms with Crippen molar-refractivity contribution >= 4 is 11.9 Å². The number of rotatable bonds is 5. The van der Waals surface area contributed by atoms with Crippen molar-refractivity contribution < 1.29 is 28.9 Å². The van der Waals surface area contributed by atoms with Crippen LogP contribution in [0.15, 0.2) is 24.3 Å². The van der Waals surface area contributed by atoms with Crippen LogP contribution in [0.5, 0.6) is 0 Å². The predicted molar refractivity (Wildman–Crippen MR) is 82.7 cm³/mol. The van der Waals surface area contributed by atoms with Gasteiger partial charge in [0.25, 0.3) is 0 Å². The quantitative estimate of drug-likeness (QED) is 0.655. The van der Waals surface area contributed by atoms with Crippen molar-refractivity contribution in [3.05, 3.63) is 35.4 Å². The molecule has 0 spiro atoms. The van der Waals surface area contributed by atoms with Crippen LogP contribution >= 0.6 is 0 Å². The smallest absolute Gasteiger partial charge is 0.338 e. The van der Waals surface area contributed by atoms with E-state index in [2.05, 4.69) is 10.6 Å². The molecular weight excluding hydrogens is 316 g/mol. The van der Waals surface area contributed by atoms with Crippen molar-refractivity contribution in [2.75, 3.05) is 26.3 Å². The number of benzene rings is 1. The van der Waals surface area contributed by atoms with Crippen molar-refractivity contribution in [3.8, 4) is 0 Å². The van der Waals surface area contributed by atoms with Crippen LogP contribution in [-0.2, 0) is 14.2 Å². The molecule has 2 saturated heterocycles. The molecule has 2 fully saturated rings. The summed E-state index contributed by atoms with van der Waals surface area (Å²) < 4.78 is 17.0. The van der Waals surface area contributed by atoms with Crippen LogP contribution < -0.4 is 10.6 Å². The minimum atomic E-state index is -1.06. The maximum Gasteiger partial charge on any atom is 0.338 e. The van der Waals surface area contributed by atoms with E-state index in [4.69, 9.17) is 19.3 Å². The van der Waals surface area contributed by atoms with E-state index >= 15 is 0 Å². The van der Waals surface area contributed by atoms with Gasteiger partial charge in [-0.15, -0.1) is 0 Å². The van der Waals surface area contributed by atoms with Gasteiger partial charge in [0, 0.05) is 13.1 Å². The van der Waals surface area contributed by atoms with Gasteiger partial charge in [-0.1, -0.05) is 0 Å². The molecule has 2 atom stereocenters. The Morgan fingerprint density at radius 1 is 1.08 bits per heavy atom. The SMILES string of the molecule is CC(OC(=O)c1ccc(C(=O)O)cc1)(C1NCCO1)C1NCCO1. The van der Waals surface area contributed by atoms with Gasteiger partial charge in [0.05, 0.1) is 24.3 Å². The minimum absolute atomic E-state index is 0.107. The van der Waals surface area contributed by atoms with Gasteiger partial charge in [0.15, 0.2) is 18.1 Å². The second-order valence-electron chi connectivity index (χ2n) is 5.87. The van der Waals surface area contributed by atoms with E-state index in [-0.39, 0.29) is 11.1 Å². The third-order valence-corrected chi connectivity index (χ3v) is 4.15. The number of nitrogens with one attached hydrogen (secondary N) is 2. The van der Waals surface area contributed by atoms with Crippen LogP contribution in [0.2, 0.25) is 0 Å². The highest BCUT2D eigenvalue weighted by Gasteiger charge is 2.49. The van der Waals surface area contributed by atoms with Gasteiger partial charge in [-0.2, -0.15) is 0 Å². The Hall–Kier alpha value is -2.00. The highest BCUT2D eigenvalue weighted by Crippen LogP contribution is 2.27. The first kappa shape index (κ1) is 16.8. The number of hydrogen-bond donors (Lipinski definition) is 3. The summed E-state index contributed by atoms with van der Waals surface area (Å²) in [5, 5.41) is 15.2. The van der Waals surface area contributed by atoms with Crippen molar-refractivity contribution in [1.82, 2.24) is 10.6 Å². The molecule has 3 rings (SSSR count). The van der Waals surface area contributed by atoms with Crippen LogP contribution in [0.25, 0.3) is 0 Å². The molecule has 0 bridgehead atoms. The zero-order valence-electron chi connectivity index (χ0n) is 13.3. The fourth-order valence-corrected chi connectivity index (χ4v) is 2.84. The molecule has 2 aliphatic rings. The Bertz CT molecular complexity index is 589. The Morgan fingerprint density at radius 3 is 2.00 bits per heavy atom. The Labute approximate surface area is 139 Å². The largest absolute Gasteiger partial charge is 0.478 e. The van der Waals surface area contributed by atoms with Crippen LogP contribution in [-0.4, -0.2) is 61.4 Å². The number of carboxylic acid groups (broad SMARTS) is 1. The summed E-state index contributed by atoms with van der Waals surface area (Å²) in [6.45, 7) is 4.13. The molecule has 2 heterocycles. The standard InChI is InChI=1S/C16H20N2O6/c1-16(14-17-6-8-22-14,15-18-7-9-23-15)24-13(21)11-4-2-10(3-5-11)12(19)20/h2-5,14-15,17-18H,6-9H2,1H3,(H,19,20). The van der Waals surface area contributed by atoms with Crippen molar-refractivity contribution in [2.45, 2.75) is 25.0 Å². The lowest BCUT2D eigenvalue weighted by Gasteiger charge is -2.38. The normalized spacial score (nSPS) is 26.0. The number of carbonyl (C=O) groups is 2. The Kier molecular flexibility index (Phi) is 4.81. The Balaban J connectivity index is 1.78. The third kappa shape index (κ3) is 3.27. The zero-order valence-corrected chi connectivity index (χ0v) is 13.3. The number of carboxylic acids is 1. The number of hydrogen-bond acceptors (Lipinski definition) is 7. The molecule has 0 amide bonds. The average Bonchev–Trinajstić information content (AvgIpc) is 3.28. The van der Waals surface area contributed by atoms with Gasteiger partial charge < -0.3 is 19.3 Å². The van der Waals surface area contributed by atoms with Crippen molar-refractivity contribution in [3.63, 3.8) is 0 Å². The molecule has 0 radical (unpaired) electrons. The van der Waals surface area contributed by atoms with Gasteiger partial charge in [-0.3, -0.25) is 10.6 Å². The van der Waals surface area contributed by atoms with Gasteiger partial charge >= 0.3 is 11.9 Å². The fourth-order valence-electron chi connectivity index (χ4n) is 2.84. The maximum atomic E-state index is 12.5. The molecule has 24 heavy (non-hydrogen) atoms. The van der Waals surface area contributed by atoms with Gasteiger partial charge in [0.1, 0.15) is 0 Å². The lowest BCUT2D eigenvalue weighted by molar-refractivity contribution is -0.159. The fraction of sp³-hybridized carbons (Fsp3) is 0.500. The van der Waals surface area contributed by atoms with E-state index in [0.717, 1.165) is 0 Å². The highest BCUT2D eigenvalue weighted by molar-refractivity contribution is 5.92. The molecule has 2 unspecified atom stereocenters. The third-order valence-electron chi connectivity index (χ3n) is 4.15. The molecule has 130 valence electrons. The second-order valence-corrected chi connectivity index (χ2v) is 5.87. The summed E-state index contributed by atoms with van der Waals surface area (Å²) in [4.78, 5) is 23.4. The summed E-state index contributed by atoms with van der Waals surface area (Å²) in [6, 6.07) is 5.59. The zero-order chi connectivity index (χ0) is 17.2. The molecular formula is C16H20N2O6. The van der Waals surface area contributed by atoms with Gasteiger partial charge in [0.2, 0.25) is 0 Å². The topological polar surface area (TPSA) is 106 Å². The van der Waals surface area contributed by atoms with Crippen LogP contribution in [0.1, 0.15) is 27.6 Å². The number of ether oxygens (including phenoxy) is 3. The van der Waals surface area contributed by atoms with Gasteiger partial charge in [-0.25, -0.2) is 9.59 Å². The lowest BCUT2D eigenvalue weighted by atomic mass is 10.0. The first-order valence-electron chi connectivity index (χ1n) is 7.77. The summed E-state index contributed by atoms with van der Waals surface area (Å²) in [5.74, 6) is -1.61. The molecule has 8 nitrogen and oxygen atoms in total. The predicted octanol–water partition coefficient (Wildman–Crippen LogP) is 0.192. The van der Waals surface area contributed by atoms with E-state index in [0.29, 0.717) is 26.3 Å². The van der Waals surface area contributed by atoms with Gasteiger partial charge in [-0.05, 0) is 31.2 Å². The van der Waals surface area contributed by atoms with Crippen LogP contribution in [0.4, 0.5) is 0 Å². The summed E-state index contributed by atoms with van der Waals surface area (Å²) in [6.07, 6.45) is -0.981. The molecule has 2 aliphatic heterocycles. The maximum absolute atomic E-state index is 12.5. The molecule has 3 N–H and O–H groups in total. The first-order chi connectivity index (χ1) is 11.5. The van der Waals surface area contributed by atoms with E-state index < -0.39 is 30.0 Å². The van der Waals surface area contributed by atoms with Crippen LogP contribution in [0, 0.1) is 0 Å². The van der Waals surface area contributed by atoms with E-state index in [1.165, 1.54) is 24.3 Å². The number of esters is 1. The number of aromatic carboxylic acids is 1. The summed E-state index contributed by atoms with van der Waals surface area (Å²) in [5.41, 5.74) is -0.687. The summed E-state index contributed by atoms with van der Waals surface area (Å²) in [7, 11) is 0. The van der Waals surface area contributed by atoms with E-state index in [9.17, 15) is 9.59 Å². The first-order valence-corrected chi connectivity index (χ1v) is 7.77. The van der Waals surface area contributed by atoms with Crippen LogP contribution in [0.3, 0.4) is 0 Å². The van der Waals surface area contributed by atoms with E-state index in [1.807, 2.05) is 0 Å². The van der Waals surface area contributed by atoms with E-state index in [1.54, 1.807) is 6.92 Å². The number of carbonyl (C=O) groups excluding carboxylic acids is 1. The highest BCUT2D eigenvalue weighted by atomic mass is 16.6. The average molecular weight is 336 g/mol. The molecule has 0 aliphatic carbocycles. The molecule has 0 aromatic heterocycles. The molecule has 1 aromatic carbocycles. The Morgan fingerprint density at radius 2 is 1.58 bits per heavy atom. The second kappa shape index (κ2) is 6.86. The molecule has 0 saturated carbocycles. The summed E-state index contributed by atoms with van der Waals surface area (Å²) >= 11 is 0. The van der Waals surface area contributed by atoms with Crippen molar-refractivity contribution in [1.29, 1.82) is 0 Å².